The van der Waals surface area contributed by atoms with Gasteiger partial charge in [-0.2, -0.15) is 0 Å². The molecule has 0 saturated heterocycles. The van der Waals surface area contributed by atoms with Crippen LogP contribution in [0.1, 0.15) is 12.5 Å². The number of rotatable bonds is 4. The fourth-order valence-electron chi connectivity index (χ4n) is 1.72. The molecule has 1 N–H and O–H groups in total. The molecule has 0 aliphatic rings. The Bertz CT molecular complexity index is 700. The van der Waals surface area contributed by atoms with Gasteiger partial charge in [-0.05, 0) is 24.6 Å². The van der Waals surface area contributed by atoms with Crippen LogP contribution in [0, 0.1) is 6.92 Å². The van der Waals surface area contributed by atoms with E-state index in [-0.39, 0.29) is 23.3 Å². The Hall–Kier alpha value is -2.77. The molecule has 0 fully saturated rings. The van der Waals surface area contributed by atoms with Crippen molar-refractivity contribution >= 4 is 11.6 Å². The molecule has 0 radical (unpaired) electrons. The van der Waals surface area contributed by atoms with Crippen LogP contribution >= 0.6 is 0 Å². The minimum Gasteiger partial charge on any atom is -0.439 e. The van der Waals surface area contributed by atoms with Crippen molar-refractivity contribution < 1.29 is 27.4 Å². The number of nitrogens with zero attached hydrogens (tertiary/aromatic N) is 1. The zero-order valence-electron chi connectivity index (χ0n) is 12.3. The number of hydrogen-bond donors (Lipinski definition) is 1. The Labute approximate surface area is 130 Å². The van der Waals surface area contributed by atoms with Gasteiger partial charge in [-0.25, -0.2) is 4.98 Å². The van der Waals surface area contributed by atoms with Gasteiger partial charge in [0.2, 0.25) is 11.8 Å². The molecule has 0 bridgehead atoms. The predicted molar refractivity (Wildman–Crippen MR) is 76.5 cm³/mol. The van der Waals surface area contributed by atoms with E-state index in [1.165, 1.54) is 38.2 Å². The maximum atomic E-state index is 12.3. The first-order valence-electron chi connectivity index (χ1n) is 6.51. The third-order valence-electron chi connectivity index (χ3n) is 2.66. The number of aryl methyl sites for hydroxylation is 1. The summed E-state index contributed by atoms with van der Waals surface area (Å²) >= 11 is 0. The summed E-state index contributed by atoms with van der Waals surface area (Å²) in [6, 6.07) is 7.12. The molecule has 1 heterocycles. The number of hydrogen-bond acceptors (Lipinski definition) is 4. The number of pyridine rings is 1. The summed E-state index contributed by atoms with van der Waals surface area (Å²) in [5.74, 6) is -0.270. The van der Waals surface area contributed by atoms with Crippen LogP contribution in [0.25, 0.3) is 0 Å². The first kappa shape index (κ1) is 16.6. The van der Waals surface area contributed by atoms with Crippen molar-refractivity contribution in [3.8, 4) is 17.4 Å². The molecule has 0 saturated carbocycles. The highest BCUT2D eigenvalue weighted by Gasteiger charge is 2.31. The van der Waals surface area contributed by atoms with Gasteiger partial charge in [0.05, 0.1) is 11.9 Å². The first-order chi connectivity index (χ1) is 10.7. The summed E-state index contributed by atoms with van der Waals surface area (Å²) in [5.41, 5.74) is 0.804. The summed E-state index contributed by atoms with van der Waals surface area (Å²) in [7, 11) is 0. The van der Waals surface area contributed by atoms with Crippen LogP contribution in [-0.2, 0) is 4.79 Å². The fourth-order valence-corrected chi connectivity index (χ4v) is 1.72. The summed E-state index contributed by atoms with van der Waals surface area (Å²) in [6.45, 7) is 2.85. The second-order valence-electron chi connectivity index (χ2n) is 4.64. The average Bonchev–Trinajstić information content (AvgIpc) is 2.42. The zero-order valence-corrected chi connectivity index (χ0v) is 12.3. The largest absolute Gasteiger partial charge is 0.573 e. The lowest BCUT2D eigenvalue weighted by Gasteiger charge is -2.13. The number of carbonyl (C=O) groups is 1. The highest BCUT2D eigenvalue weighted by molar-refractivity contribution is 5.88. The number of amides is 1. The van der Waals surface area contributed by atoms with Crippen molar-refractivity contribution in [1.82, 2.24) is 4.98 Å². The Kier molecular flexibility index (Phi) is 4.73. The molecule has 0 spiro atoms. The van der Waals surface area contributed by atoms with E-state index in [1.807, 2.05) is 0 Å². The maximum absolute atomic E-state index is 12.3. The van der Waals surface area contributed by atoms with Gasteiger partial charge in [-0.15, -0.1) is 13.2 Å². The van der Waals surface area contributed by atoms with Crippen molar-refractivity contribution in [1.29, 1.82) is 0 Å². The van der Waals surface area contributed by atoms with E-state index >= 15 is 0 Å². The van der Waals surface area contributed by atoms with E-state index in [9.17, 15) is 18.0 Å². The lowest BCUT2D eigenvalue weighted by Crippen LogP contribution is -2.17. The molecule has 1 aromatic carbocycles. The van der Waals surface area contributed by atoms with E-state index in [4.69, 9.17) is 4.74 Å². The Morgan fingerprint density at radius 2 is 1.96 bits per heavy atom. The second kappa shape index (κ2) is 6.55. The van der Waals surface area contributed by atoms with Crippen LogP contribution in [0.3, 0.4) is 0 Å². The number of carbonyl (C=O) groups excluding carboxylic acids is 1. The van der Waals surface area contributed by atoms with Gasteiger partial charge < -0.3 is 14.8 Å². The molecule has 1 aromatic heterocycles. The molecule has 0 aliphatic carbocycles. The van der Waals surface area contributed by atoms with Crippen molar-refractivity contribution in [2.75, 3.05) is 5.32 Å². The van der Waals surface area contributed by atoms with Crippen molar-refractivity contribution in [3.63, 3.8) is 0 Å². The van der Waals surface area contributed by atoms with Gasteiger partial charge in [-0.1, -0.05) is 6.07 Å². The van der Waals surface area contributed by atoms with E-state index in [0.717, 1.165) is 6.07 Å². The first-order valence-corrected chi connectivity index (χ1v) is 6.51. The van der Waals surface area contributed by atoms with Gasteiger partial charge in [0, 0.05) is 19.1 Å². The average molecular weight is 326 g/mol. The quantitative estimate of drug-likeness (QED) is 0.921. The predicted octanol–water partition coefficient (Wildman–Crippen LogP) is 4.04. The molecular weight excluding hydrogens is 313 g/mol. The molecule has 0 atom stereocenters. The van der Waals surface area contributed by atoms with Gasteiger partial charge in [0.1, 0.15) is 11.5 Å². The normalized spacial score (nSPS) is 11.0. The van der Waals surface area contributed by atoms with Crippen LogP contribution in [0.2, 0.25) is 0 Å². The van der Waals surface area contributed by atoms with Gasteiger partial charge in [-0.3, -0.25) is 4.79 Å². The molecule has 122 valence electrons. The third kappa shape index (κ3) is 5.17. The zero-order chi connectivity index (χ0) is 17.0. The van der Waals surface area contributed by atoms with Crippen LogP contribution in [0.5, 0.6) is 17.4 Å². The molecule has 0 aliphatic heterocycles. The van der Waals surface area contributed by atoms with Crippen LogP contribution in [-0.4, -0.2) is 17.3 Å². The monoisotopic (exact) mass is 326 g/mol. The van der Waals surface area contributed by atoms with Crippen molar-refractivity contribution in [2.24, 2.45) is 0 Å². The molecule has 23 heavy (non-hydrogen) atoms. The minimum absolute atomic E-state index is 0.148. The molecule has 2 rings (SSSR count). The van der Waals surface area contributed by atoms with Gasteiger partial charge >= 0.3 is 6.36 Å². The lowest BCUT2D eigenvalue weighted by molar-refractivity contribution is -0.274. The smallest absolute Gasteiger partial charge is 0.439 e. The number of ether oxygens (including phenoxy) is 2. The standard InChI is InChI=1S/C15H13F3N2O3/c1-9-3-5-12(7-13(9)23-15(16,17)18)22-14-6-4-11(8-19-14)20-10(2)21/h3-8H,1-2H3,(H,20,21). The van der Waals surface area contributed by atoms with Crippen LogP contribution in [0.15, 0.2) is 36.5 Å². The second-order valence-corrected chi connectivity index (χ2v) is 4.64. The lowest BCUT2D eigenvalue weighted by atomic mass is 10.2. The number of aromatic nitrogens is 1. The van der Waals surface area contributed by atoms with Gasteiger partial charge in [0.25, 0.3) is 0 Å². The molecule has 5 nitrogen and oxygen atoms in total. The Balaban J connectivity index is 2.13. The topological polar surface area (TPSA) is 60.5 Å². The van der Waals surface area contributed by atoms with E-state index in [0.29, 0.717) is 11.3 Å². The molecule has 2 aromatic rings. The molecule has 8 heteroatoms. The number of halogens is 3. The highest BCUT2D eigenvalue weighted by Crippen LogP contribution is 2.31. The Morgan fingerprint density at radius 3 is 2.52 bits per heavy atom. The Morgan fingerprint density at radius 1 is 1.22 bits per heavy atom. The number of nitrogens with one attached hydrogen (secondary N) is 1. The van der Waals surface area contributed by atoms with E-state index in [2.05, 4.69) is 15.0 Å². The number of anilines is 1. The highest BCUT2D eigenvalue weighted by atomic mass is 19.4. The van der Waals surface area contributed by atoms with E-state index < -0.39 is 6.36 Å². The van der Waals surface area contributed by atoms with Crippen molar-refractivity contribution in [3.05, 3.63) is 42.1 Å². The van der Waals surface area contributed by atoms with E-state index in [1.54, 1.807) is 6.07 Å². The summed E-state index contributed by atoms with van der Waals surface area (Å²) in [5, 5.41) is 2.54. The molecule has 1 amide bonds. The fraction of sp³-hybridized carbons (Fsp3) is 0.200. The summed E-state index contributed by atoms with van der Waals surface area (Å²) < 4.78 is 46.3. The summed E-state index contributed by atoms with van der Waals surface area (Å²) in [6.07, 6.45) is -3.40. The minimum atomic E-state index is -4.78. The third-order valence-corrected chi connectivity index (χ3v) is 2.66. The van der Waals surface area contributed by atoms with Gasteiger partial charge in [0.15, 0.2) is 0 Å². The molecular formula is C15H13F3N2O3. The SMILES string of the molecule is CC(=O)Nc1ccc(Oc2ccc(C)c(OC(F)(F)F)c2)nc1. The number of alkyl halides is 3. The molecule has 0 unspecified atom stereocenters. The van der Waals surface area contributed by atoms with Crippen LogP contribution < -0.4 is 14.8 Å². The maximum Gasteiger partial charge on any atom is 0.573 e. The number of benzene rings is 1. The summed E-state index contributed by atoms with van der Waals surface area (Å²) in [4.78, 5) is 14.9. The van der Waals surface area contributed by atoms with Crippen LogP contribution in [0.4, 0.5) is 18.9 Å². The van der Waals surface area contributed by atoms with Crippen molar-refractivity contribution in [2.45, 2.75) is 20.2 Å².